The number of anilines is 1. The van der Waals surface area contributed by atoms with Crippen LogP contribution in [0.1, 0.15) is 36.7 Å². The molecule has 0 bridgehead atoms. The van der Waals surface area contributed by atoms with Gasteiger partial charge in [-0.25, -0.2) is 9.97 Å². The first-order valence-electron chi connectivity index (χ1n) is 9.93. The number of aryl methyl sites for hydroxylation is 1. The Balaban J connectivity index is 1.97. The van der Waals surface area contributed by atoms with Gasteiger partial charge >= 0.3 is 0 Å². The second-order valence-electron chi connectivity index (χ2n) is 7.60. The molecule has 0 aliphatic rings. The molecule has 148 valence electrons. The number of hydrogen-bond donors (Lipinski definition) is 2. The Hall–Kier alpha value is -3.41. The molecule has 0 radical (unpaired) electrons. The molecule has 4 aromatic rings. The molecule has 2 aromatic carbocycles. The van der Waals surface area contributed by atoms with Crippen molar-refractivity contribution in [3.05, 3.63) is 59.7 Å². The minimum atomic E-state index is -0.227. The van der Waals surface area contributed by atoms with Gasteiger partial charge in [0, 0.05) is 12.2 Å². The number of hydrogen-bond acceptors (Lipinski definition) is 4. The van der Waals surface area contributed by atoms with Gasteiger partial charge in [0.2, 0.25) is 0 Å². The number of carbonyl (C=O) groups excluding carboxylic acids is 1. The van der Waals surface area contributed by atoms with E-state index < -0.39 is 0 Å². The van der Waals surface area contributed by atoms with Crippen LogP contribution >= 0.6 is 0 Å². The molecule has 29 heavy (non-hydrogen) atoms. The highest BCUT2D eigenvalue weighted by Gasteiger charge is 2.24. The zero-order valence-corrected chi connectivity index (χ0v) is 16.9. The molecule has 0 fully saturated rings. The van der Waals surface area contributed by atoms with Crippen molar-refractivity contribution >= 4 is 33.9 Å². The van der Waals surface area contributed by atoms with Crippen molar-refractivity contribution in [1.29, 1.82) is 0 Å². The predicted octanol–water partition coefficient (Wildman–Crippen LogP) is 4.10. The first-order valence-corrected chi connectivity index (χ1v) is 9.93. The summed E-state index contributed by atoms with van der Waals surface area (Å²) in [6.07, 6.45) is 0.954. The van der Waals surface area contributed by atoms with Crippen LogP contribution in [-0.2, 0) is 6.42 Å². The van der Waals surface area contributed by atoms with Crippen LogP contribution in [0.5, 0.6) is 0 Å². The summed E-state index contributed by atoms with van der Waals surface area (Å²) in [5.74, 6) is 0.456. The number of nitrogens with one attached hydrogen (secondary N) is 1. The van der Waals surface area contributed by atoms with Crippen LogP contribution in [0.15, 0.2) is 48.5 Å². The average molecular weight is 387 g/mol. The third kappa shape index (κ3) is 3.42. The number of rotatable bonds is 5. The lowest BCUT2D eigenvalue weighted by Crippen LogP contribution is -2.28. The number of aromatic nitrogens is 3. The van der Waals surface area contributed by atoms with E-state index in [0.29, 0.717) is 35.0 Å². The van der Waals surface area contributed by atoms with Crippen LogP contribution in [-0.4, -0.2) is 27.0 Å². The number of carbonyl (C=O) groups is 1. The van der Waals surface area contributed by atoms with Crippen LogP contribution in [0.3, 0.4) is 0 Å². The Morgan fingerprint density at radius 1 is 1.07 bits per heavy atom. The Kier molecular flexibility index (Phi) is 4.92. The fourth-order valence-electron chi connectivity index (χ4n) is 3.41. The summed E-state index contributed by atoms with van der Waals surface area (Å²) in [5, 5.41) is 2.96. The van der Waals surface area contributed by atoms with Gasteiger partial charge in [0.05, 0.1) is 11.0 Å². The van der Waals surface area contributed by atoms with Crippen LogP contribution < -0.4 is 11.1 Å². The highest BCUT2D eigenvalue weighted by Crippen LogP contribution is 2.31. The number of fused-ring (bicyclic) bond motifs is 2. The second-order valence-corrected chi connectivity index (χ2v) is 7.60. The number of benzene rings is 2. The SMILES string of the molecule is CCc1ccc(-n2c(N)c(C(=O)NCC(C)C)c3nc4ccccc4nc32)cc1. The van der Waals surface area contributed by atoms with Gasteiger partial charge in [-0.05, 0) is 42.2 Å². The van der Waals surface area contributed by atoms with Crippen molar-refractivity contribution in [2.75, 3.05) is 12.3 Å². The fraction of sp³-hybridized carbons (Fsp3) is 0.261. The van der Waals surface area contributed by atoms with Gasteiger partial charge in [-0.15, -0.1) is 0 Å². The third-order valence-electron chi connectivity index (χ3n) is 5.00. The molecule has 0 aliphatic carbocycles. The van der Waals surface area contributed by atoms with Gasteiger partial charge in [-0.1, -0.05) is 45.0 Å². The van der Waals surface area contributed by atoms with Crippen molar-refractivity contribution in [2.45, 2.75) is 27.2 Å². The molecule has 4 rings (SSSR count). The molecule has 0 spiro atoms. The lowest BCUT2D eigenvalue weighted by atomic mass is 10.1. The molecule has 0 unspecified atom stereocenters. The summed E-state index contributed by atoms with van der Waals surface area (Å²) < 4.78 is 1.82. The van der Waals surface area contributed by atoms with Gasteiger partial charge in [0.15, 0.2) is 5.65 Å². The maximum atomic E-state index is 13.0. The second kappa shape index (κ2) is 7.54. The van der Waals surface area contributed by atoms with Crippen LogP contribution in [0, 0.1) is 5.92 Å². The van der Waals surface area contributed by atoms with Gasteiger partial charge in [-0.3, -0.25) is 9.36 Å². The molecule has 6 heteroatoms. The third-order valence-corrected chi connectivity index (χ3v) is 5.00. The van der Waals surface area contributed by atoms with Gasteiger partial charge < -0.3 is 11.1 Å². The van der Waals surface area contributed by atoms with Crippen molar-refractivity contribution in [2.24, 2.45) is 5.92 Å². The largest absolute Gasteiger partial charge is 0.384 e. The topological polar surface area (TPSA) is 85.8 Å². The van der Waals surface area contributed by atoms with E-state index in [9.17, 15) is 4.79 Å². The summed E-state index contributed by atoms with van der Waals surface area (Å²) in [5.41, 5.74) is 11.6. The summed E-state index contributed by atoms with van der Waals surface area (Å²) in [4.78, 5) is 22.5. The summed E-state index contributed by atoms with van der Waals surface area (Å²) in [6.45, 7) is 6.78. The smallest absolute Gasteiger partial charge is 0.257 e. The molecular formula is C23H25N5O. The fourth-order valence-corrected chi connectivity index (χ4v) is 3.41. The molecule has 6 nitrogen and oxygen atoms in total. The van der Waals surface area contributed by atoms with E-state index in [4.69, 9.17) is 15.7 Å². The number of para-hydroxylation sites is 2. The van der Waals surface area contributed by atoms with Crippen molar-refractivity contribution in [3.8, 4) is 5.69 Å². The normalized spacial score (nSPS) is 11.4. The highest BCUT2D eigenvalue weighted by atomic mass is 16.1. The lowest BCUT2D eigenvalue weighted by molar-refractivity contribution is 0.0951. The van der Waals surface area contributed by atoms with Crippen LogP contribution in [0.2, 0.25) is 0 Å². The predicted molar refractivity (Wildman–Crippen MR) is 117 cm³/mol. The van der Waals surface area contributed by atoms with Gasteiger partial charge in [0.1, 0.15) is 16.9 Å². The average Bonchev–Trinajstić information content (AvgIpc) is 3.01. The number of amides is 1. The van der Waals surface area contributed by atoms with E-state index in [-0.39, 0.29) is 5.91 Å². The van der Waals surface area contributed by atoms with E-state index in [0.717, 1.165) is 23.1 Å². The first-order chi connectivity index (χ1) is 14.0. The lowest BCUT2D eigenvalue weighted by Gasteiger charge is -2.09. The Morgan fingerprint density at radius 3 is 2.34 bits per heavy atom. The highest BCUT2D eigenvalue weighted by molar-refractivity contribution is 6.11. The molecule has 2 heterocycles. The zero-order chi connectivity index (χ0) is 20.5. The van der Waals surface area contributed by atoms with E-state index in [1.807, 2.05) is 41.0 Å². The summed E-state index contributed by atoms with van der Waals surface area (Å²) in [7, 11) is 0. The van der Waals surface area contributed by atoms with Gasteiger partial charge in [-0.2, -0.15) is 0 Å². The van der Waals surface area contributed by atoms with E-state index in [1.165, 1.54) is 5.56 Å². The summed E-state index contributed by atoms with van der Waals surface area (Å²) in [6, 6.07) is 15.8. The summed E-state index contributed by atoms with van der Waals surface area (Å²) >= 11 is 0. The van der Waals surface area contributed by atoms with Crippen LogP contribution in [0.25, 0.3) is 27.9 Å². The van der Waals surface area contributed by atoms with Crippen molar-refractivity contribution in [3.63, 3.8) is 0 Å². The maximum Gasteiger partial charge on any atom is 0.257 e. The van der Waals surface area contributed by atoms with E-state index in [1.54, 1.807) is 0 Å². The number of nitrogen functional groups attached to an aromatic ring is 1. The minimum absolute atomic E-state index is 0.227. The zero-order valence-electron chi connectivity index (χ0n) is 16.9. The molecular weight excluding hydrogens is 362 g/mol. The van der Waals surface area contributed by atoms with Crippen molar-refractivity contribution < 1.29 is 4.79 Å². The standard InChI is InChI=1S/C23H25N5O/c1-4-15-9-11-16(12-10-15)28-21(24)19(23(29)25-13-14(2)3)20-22(28)27-18-8-6-5-7-17(18)26-20/h5-12,14H,4,13,24H2,1-3H3,(H,25,29). The van der Waals surface area contributed by atoms with Gasteiger partial charge in [0.25, 0.3) is 5.91 Å². The molecule has 2 aromatic heterocycles. The molecule has 0 saturated carbocycles. The molecule has 0 aliphatic heterocycles. The molecule has 1 amide bonds. The monoisotopic (exact) mass is 387 g/mol. The minimum Gasteiger partial charge on any atom is -0.384 e. The molecule has 3 N–H and O–H groups in total. The Morgan fingerprint density at radius 2 is 1.72 bits per heavy atom. The van der Waals surface area contributed by atoms with E-state index in [2.05, 4.69) is 38.2 Å². The molecule has 0 saturated heterocycles. The van der Waals surface area contributed by atoms with Crippen molar-refractivity contribution in [1.82, 2.24) is 19.9 Å². The Bertz CT molecular complexity index is 1190. The first kappa shape index (κ1) is 18.9. The van der Waals surface area contributed by atoms with Crippen LogP contribution in [0.4, 0.5) is 5.82 Å². The maximum absolute atomic E-state index is 13.0. The quantitative estimate of drug-likeness (QED) is 0.540. The number of nitrogens with two attached hydrogens (primary N) is 1. The van der Waals surface area contributed by atoms with E-state index >= 15 is 0 Å². The number of nitrogens with zero attached hydrogens (tertiary/aromatic N) is 3. The molecule has 0 atom stereocenters. The Labute approximate surface area is 169 Å².